The molecular formula is C21H32FN3O2S. The Bertz CT molecular complexity index is 618. The maximum atomic E-state index is 13.8. The summed E-state index contributed by atoms with van der Waals surface area (Å²) in [6, 6.07) is 0.483. The van der Waals surface area contributed by atoms with Gasteiger partial charge >= 0.3 is 0 Å². The number of carbonyl (C=O) groups is 2. The van der Waals surface area contributed by atoms with Crippen LogP contribution in [0.15, 0.2) is 12.7 Å². The smallest absolute Gasteiger partial charge is 0.243 e. The third-order valence-electron chi connectivity index (χ3n) is 7.15. The summed E-state index contributed by atoms with van der Waals surface area (Å²) in [5, 5.41) is 10.2. The highest BCUT2D eigenvalue weighted by atomic mass is 32.2. The highest BCUT2D eigenvalue weighted by Crippen LogP contribution is 2.49. The van der Waals surface area contributed by atoms with E-state index >= 15 is 0 Å². The maximum absolute atomic E-state index is 13.8. The van der Waals surface area contributed by atoms with Crippen molar-refractivity contribution in [3.8, 4) is 0 Å². The lowest BCUT2D eigenvalue weighted by Crippen LogP contribution is -2.49. The molecule has 1 saturated heterocycles. The van der Waals surface area contributed by atoms with Crippen LogP contribution in [-0.2, 0) is 9.59 Å². The van der Waals surface area contributed by atoms with Gasteiger partial charge in [0, 0.05) is 23.3 Å². The van der Waals surface area contributed by atoms with Gasteiger partial charge in [-0.3, -0.25) is 14.9 Å². The van der Waals surface area contributed by atoms with Gasteiger partial charge in [-0.1, -0.05) is 13.0 Å². The molecule has 0 aromatic heterocycles. The first-order valence-corrected chi connectivity index (χ1v) is 11.8. The van der Waals surface area contributed by atoms with Gasteiger partial charge in [-0.2, -0.15) is 0 Å². The molecule has 1 aliphatic heterocycles. The first-order valence-electron chi connectivity index (χ1n) is 10.8. The Morgan fingerprint density at radius 3 is 2.75 bits per heavy atom. The molecular weight excluding hydrogens is 377 g/mol. The first kappa shape index (κ1) is 20.2. The molecule has 6 unspecified atom stereocenters. The fourth-order valence-electron chi connectivity index (χ4n) is 5.76. The van der Waals surface area contributed by atoms with Crippen LogP contribution in [0.2, 0.25) is 0 Å². The number of alkyl halides is 1. The van der Waals surface area contributed by atoms with Crippen molar-refractivity contribution in [2.24, 2.45) is 17.8 Å². The van der Waals surface area contributed by atoms with Crippen molar-refractivity contribution < 1.29 is 14.0 Å². The number of hydrogen-bond acceptors (Lipinski definition) is 4. The van der Waals surface area contributed by atoms with Crippen LogP contribution < -0.4 is 16.0 Å². The van der Waals surface area contributed by atoms with Crippen molar-refractivity contribution in [2.45, 2.75) is 86.8 Å². The number of carbonyl (C=O) groups excluding carboxylic acids is 2. The van der Waals surface area contributed by atoms with Gasteiger partial charge in [0.1, 0.15) is 11.7 Å². The monoisotopic (exact) mass is 409 g/mol. The van der Waals surface area contributed by atoms with Crippen LogP contribution in [0.25, 0.3) is 0 Å². The quantitative estimate of drug-likeness (QED) is 0.625. The van der Waals surface area contributed by atoms with Crippen molar-refractivity contribution in [2.75, 3.05) is 0 Å². The van der Waals surface area contributed by atoms with Crippen LogP contribution in [0.4, 0.5) is 4.39 Å². The molecule has 2 amide bonds. The summed E-state index contributed by atoms with van der Waals surface area (Å²) in [7, 11) is 0. The summed E-state index contributed by atoms with van der Waals surface area (Å²) in [4.78, 5) is 24.4. The van der Waals surface area contributed by atoms with Crippen molar-refractivity contribution in [3.05, 3.63) is 12.7 Å². The summed E-state index contributed by atoms with van der Waals surface area (Å²) >= 11 is 1.84. The van der Waals surface area contributed by atoms with Crippen molar-refractivity contribution in [3.63, 3.8) is 0 Å². The highest BCUT2D eigenvalue weighted by molar-refractivity contribution is 8.00. The van der Waals surface area contributed by atoms with Crippen LogP contribution in [0.3, 0.4) is 0 Å². The van der Waals surface area contributed by atoms with Crippen molar-refractivity contribution in [1.29, 1.82) is 0 Å². The molecule has 0 bridgehead atoms. The predicted molar refractivity (Wildman–Crippen MR) is 109 cm³/mol. The third-order valence-corrected chi connectivity index (χ3v) is 8.67. The number of thioether (sulfide) groups is 1. The predicted octanol–water partition coefficient (Wildman–Crippen LogP) is 2.87. The van der Waals surface area contributed by atoms with Crippen LogP contribution in [0, 0.1) is 17.8 Å². The van der Waals surface area contributed by atoms with Crippen molar-refractivity contribution in [1.82, 2.24) is 16.0 Å². The Balaban J connectivity index is 1.30. The molecule has 156 valence electrons. The number of hydrogen-bond donors (Lipinski definition) is 3. The first-order chi connectivity index (χ1) is 13.5. The molecule has 3 aliphatic carbocycles. The summed E-state index contributed by atoms with van der Waals surface area (Å²) in [6.07, 6.45) is 8.69. The van der Waals surface area contributed by atoms with Crippen LogP contribution in [-0.4, -0.2) is 40.8 Å². The second kappa shape index (κ2) is 8.74. The summed E-state index contributed by atoms with van der Waals surface area (Å²) in [6.45, 7) is 3.49. The van der Waals surface area contributed by atoms with E-state index in [4.69, 9.17) is 0 Å². The second-order valence-corrected chi connectivity index (χ2v) is 10.2. The molecule has 3 N–H and O–H groups in total. The van der Waals surface area contributed by atoms with Crippen LogP contribution in [0.5, 0.6) is 0 Å². The largest absolute Gasteiger partial charge is 0.350 e. The zero-order valence-corrected chi connectivity index (χ0v) is 17.2. The van der Waals surface area contributed by atoms with Gasteiger partial charge in [-0.25, -0.2) is 4.39 Å². The number of amides is 2. The molecule has 0 aromatic rings. The molecule has 8 atom stereocenters. The molecule has 0 aromatic carbocycles. The van der Waals surface area contributed by atoms with E-state index in [-0.39, 0.29) is 29.3 Å². The molecule has 1 heterocycles. The topological polar surface area (TPSA) is 70.2 Å². The minimum Gasteiger partial charge on any atom is -0.350 e. The Kier molecular flexibility index (Phi) is 6.30. The molecule has 3 saturated carbocycles. The molecule has 4 aliphatic rings. The van der Waals surface area contributed by atoms with E-state index < -0.39 is 6.17 Å². The summed E-state index contributed by atoms with van der Waals surface area (Å²) in [5.74, 6) is 0.967. The van der Waals surface area contributed by atoms with Crippen molar-refractivity contribution >= 4 is 23.6 Å². The van der Waals surface area contributed by atoms with Gasteiger partial charge in [-0.15, -0.1) is 11.8 Å². The molecule has 0 spiro atoms. The lowest BCUT2D eigenvalue weighted by Gasteiger charge is -2.42. The third kappa shape index (κ3) is 4.40. The van der Waals surface area contributed by atoms with Gasteiger partial charge in [0.05, 0.1) is 0 Å². The molecule has 4 rings (SSSR count). The minimum absolute atomic E-state index is 0.0486. The van der Waals surface area contributed by atoms with E-state index in [0.717, 1.165) is 44.9 Å². The summed E-state index contributed by atoms with van der Waals surface area (Å²) in [5.41, 5.74) is -0.0486. The van der Waals surface area contributed by atoms with Gasteiger partial charge in [0.15, 0.2) is 0 Å². The number of rotatable bonds is 4. The normalized spacial score (nSPS) is 42.8. The maximum Gasteiger partial charge on any atom is 0.243 e. The van der Waals surface area contributed by atoms with E-state index in [1.54, 1.807) is 0 Å². The summed E-state index contributed by atoms with van der Waals surface area (Å²) < 4.78 is 13.8. The second-order valence-electron chi connectivity index (χ2n) is 8.95. The molecule has 0 radical (unpaired) electrons. The highest BCUT2D eigenvalue weighted by Gasteiger charge is 2.48. The fraction of sp³-hybridized carbons (Fsp3) is 0.810. The molecule has 4 fully saturated rings. The number of fused-ring (bicyclic) bond motifs is 3. The number of nitrogens with one attached hydrogen (secondary N) is 3. The van der Waals surface area contributed by atoms with Gasteiger partial charge in [-0.05, 0) is 69.3 Å². The zero-order valence-electron chi connectivity index (χ0n) is 16.4. The van der Waals surface area contributed by atoms with Gasteiger partial charge < -0.3 is 10.6 Å². The van der Waals surface area contributed by atoms with E-state index in [2.05, 4.69) is 22.5 Å². The SMILES string of the molecule is C=CC(=O)N[C@@H]1CCC[C@H](C(=O)NC2NC3CCC4CC(F)CCC4C3S2)C1. The lowest BCUT2D eigenvalue weighted by atomic mass is 9.68. The van der Waals surface area contributed by atoms with E-state index in [1.807, 2.05) is 11.8 Å². The Morgan fingerprint density at radius 1 is 1.07 bits per heavy atom. The zero-order chi connectivity index (χ0) is 19.7. The van der Waals surface area contributed by atoms with Gasteiger partial charge in [0.25, 0.3) is 0 Å². The number of halogens is 1. The average Bonchev–Trinajstić information content (AvgIpc) is 3.10. The Morgan fingerprint density at radius 2 is 1.93 bits per heavy atom. The molecule has 5 nitrogen and oxygen atoms in total. The van der Waals surface area contributed by atoms with E-state index in [9.17, 15) is 14.0 Å². The van der Waals surface area contributed by atoms with E-state index in [1.165, 1.54) is 6.08 Å². The van der Waals surface area contributed by atoms with Gasteiger partial charge in [0.2, 0.25) is 11.8 Å². The molecule has 7 heteroatoms. The average molecular weight is 410 g/mol. The van der Waals surface area contributed by atoms with Crippen LogP contribution >= 0.6 is 11.8 Å². The Labute approximate surface area is 171 Å². The molecule has 28 heavy (non-hydrogen) atoms. The fourth-order valence-corrected chi connectivity index (χ4v) is 7.47. The standard InChI is InChI=1S/C21H32FN3O2S/c1-2-18(26)23-15-5-3-4-13(11-15)20(27)25-21-24-17-9-6-12-10-14(22)7-8-16(12)19(17)28-21/h2,12-17,19,21,24H,1,3-11H2,(H,23,26)(H,25,27)/t12?,13-,14?,15+,16?,17?,19?,21?/m0/s1. The minimum atomic E-state index is -0.617. The van der Waals surface area contributed by atoms with Crippen LogP contribution in [0.1, 0.15) is 57.8 Å². The Hall–Kier alpha value is -1.08. The van der Waals surface area contributed by atoms with E-state index in [0.29, 0.717) is 36.0 Å². The lowest BCUT2D eigenvalue weighted by molar-refractivity contribution is -0.127.